The summed E-state index contributed by atoms with van der Waals surface area (Å²) in [4.78, 5) is 23.6. The van der Waals surface area contributed by atoms with E-state index in [2.05, 4.69) is 20.7 Å². The average Bonchev–Trinajstić information content (AvgIpc) is 3.06. The van der Waals surface area contributed by atoms with Gasteiger partial charge in [0.25, 0.3) is 5.69 Å². The van der Waals surface area contributed by atoms with E-state index >= 15 is 0 Å². The van der Waals surface area contributed by atoms with E-state index in [-0.39, 0.29) is 18.1 Å². The fraction of sp³-hybridized carbons (Fsp3) is 0.176. The molecule has 0 aliphatic heterocycles. The largest absolute Gasteiger partial charge is 0.324 e. The smallest absolute Gasteiger partial charge is 0.269 e. The van der Waals surface area contributed by atoms with Crippen LogP contribution in [0.4, 0.5) is 11.4 Å². The average molecular weight is 352 g/mol. The molecule has 26 heavy (non-hydrogen) atoms. The highest BCUT2D eigenvalue weighted by molar-refractivity contribution is 5.91. The maximum Gasteiger partial charge on any atom is 0.269 e. The number of carbonyl (C=O) groups excluding carboxylic acids is 1. The van der Waals surface area contributed by atoms with Crippen LogP contribution >= 0.6 is 0 Å². The second kappa shape index (κ2) is 7.09. The third-order valence-electron chi connectivity index (χ3n) is 3.74. The van der Waals surface area contributed by atoms with Crippen molar-refractivity contribution in [1.29, 1.82) is 0 Å². The lowest BCUT2D eigenvalue weighted by atomic mass is 10.1. The molecular weight excluding hydrogens is 336 g/mol. The summed E-state index contributed by atoms with van der Waals surface area (Å²) in [5.74, 6) is 0.0192. The van der Waals surface area contributed by atoms with Crippen LogP contribution in [0.1, 0.15) is 11.1 Å². The first kappa shape index (κ1) is 17.2. The summed E-state index contributed by atoms with van der Waals surface area (Å²) in [5, 5.41) is 25.4. The zero-order valence-corrected chi connectivity index (χ0v) is 14.2. The lowest BCUT2D eigenvalue weighted by Crippen LogP contribution is -2.21. The summed E-state index contributed by atoms with van der Waals surface area (Å²) in [6.07, 6.45) is 0. The quantitative estimate of drug-likeness (QED) is 0.557. The molecule has 2 aromatic carbocycles. The van der Waals surface area contributed by atoms with Gasteiger partial charge < -0.3 is 5.32 Å². The van der Waals surface area contributed by atoms with Gasteiger partial charge in [-0.1, -0.05) is 12.1 Å². The van der Waals surface area contributed by atoms with Gasteiger partial charge in [0, 0.05) is 23.4 Å². The molecule has 0 saturated heterocycles. The van der Waals surface area contributed by atoms with Crippen LogP contribution in [-0.2, 0) is 11.3 Å². The number of hydrogen-bond donors (Lipinski definition) is 1. The molecule has 132 valence electrons. The number of carbonyl (C=O) groups is 1. The number of anilines is 1. The minimum Gasteiger partial charge on any atom is -0.324 e. The van der Waals surface area contributed by atoms with E-state index in [1.165, 1.54) is 29.1 Å². The Bertz CT molecular complexity index is 965. The molecular formula is C17H16N6O3. The first-order valence-electron chi connectivity index (χ1n) is 7.82. The van der Waals surface area contributed by atoms with Gasteiger partial charge in [-0.15, -0.1) is 10.2 Å². The number of amides is 1. The van der Waals surface area contributed by atoms with Crippen molar-refractivity contribution in [3.05, 3.63) is 63.7 Å². The predicted octanol–water partition coefficient (Wildman–Crippen LogP) is 2.50. The SMILES string of the molecule is Cc1ccc(C)c(NC(=O)Cn2nnc(-c3ccc([N+](=O)[O-])cc3)n2)c1. The molecule has 0 atom stereocenters. The number of hydrogen-bond acceptors (Lipinski definition) is 6. The molecule has 1 amide bonds. The topological polar surface area (TPSA) is 116 Å². The first-order valence-corrected chi connectivity index (χ1v) is 7.82. The van der Waals surface area contributed by atoms with E-state index in [1.807, 2.05) is 32.0 Å². The molecule has 1 heterocycles. The van der Waals surface area contributed by atoms with Crippen molar-refractivity contribution in [2.24, 2.45) is 0 Å². The maximum atomic E-state index is 12.2. The Balaban J connectivity index is 1.69. The molecule has 0 fully saturated rings. The van der Waals surface area contributed by atoms with E-state index in [0.717, 1.165) is 16.8 Å². The number of nitrogens with zero attached hydrogens (tertiary/aromatic N) is 5. The highest BCUT2D eigenvalue weighted by atomic mass is 16.6. The first-order chi connectivity index (χ1) is 12.4. The van der Waals surface area contributed by atoms with Gasteiger partial charge in [0.1, 0.15) is 6.54 Å². The van der Waals surface area contributed by atoms with Crippen LogP contribution in [0.2, 0.25) is 0 Å². The molecule has 0 saturated carbocycles. The van der Waals surface area contributed by atoms with E-state index in [9.17, 15) is 14.9 Å². The van der Waals surface area contributed by atoms with Crippen LogP contribution in [0, 0.1) is 24.0 Å². The summed E-state index contributed by atoms with van der Waals surface area (Å²) in [6.45, 7) is 3.77. The number of tetrazole rings is 1. The van der Waals surface area contributed by atoms with Gasteiger partial charge in [-0.2, -0.15) is 4.80 Å². The van der Waals surface area contributed by atoms with Crippen molar-refractivity contribution in [1.82, 2.24) is 20.2 Å². The van der Waals surface area contributed by atoms with Gasteiger partial charge in [0.15, 0.2) is 0 Å². The number of aromatic nitrogens is 4. The number of aryl methyl sites for hydroxylation is 2. The molecule has 0 bridgehead atoms. The second-order valence-electron chi connectivity index (χ2n) is 5.81. The minimum absolute atomic E-state index is 0.0194. The van der Waals surface area contributed by atoms with Crippen LogP contribution in [0.25, 0.3) is 11.4 Å². The lowest BCUT2D eigenvalue weighted by Gasteiger charge is -2.08. The Morgan fingerprint density at radius 2 is 1.92 bits per heavy atom. The maximum absolute atomic E-state index is 12.2. The highest BCUT2D eigenvalue weighted by Gasteiger charge is 2.12. The van der Waals surface area contributed by atoms with Crippen molar-refractivity contribution in [3.63, 3.8) is 0 Å². The van der Waals surface area contributed by atoms with Crippen LogP contribution in [-0.4, -0.2) is 31.0 Å². The molecule has 0 unspecified atom stereocenters. The summed E-state index contributed by atoms with van der Waals surface area (Å²) in [5.41, 5.74) is 3.31. The van der Waals surface area contributed by atoms with Crippen molar-refractivity contribution in [2.75, 3.05) is 5.32 Å². The van der Waals surface area contributed by atoms with E-state index in [1.54, 1.807) is 0 Å². The number of benzene rings is 2. The van der Waals surface area contributed by atoms with Gasteiger partial charge in [-0.05, 0) is 48.4 Å². The van der Waals surface area contributed by atoms with Crippen LogP contribution in [0.3, 0.4) is 0 Å². The van der Waals surface area contributed by atoms with Gasteiger partial charge in [0.2, 0.25) is 11.7 Å². The number of nitro groups is 1. The Kier molecular flexibility index (Phi) is 4.70. The third-order valence-corrected chi connectivity index (χ3v) is 3.74. The van der Waals surface area contributed by atoms with Crippen LogP contribution in [0.15, 0.2) is 42.5 Å². The number of non-ortho nitro benzene ring substituents is 1. The third kappa shape index (κ3) is 3.89. The molecule has 3 aromatic rings. The van der Waals surface area contributed by atoms with Gasteiger partial charge in [-0.25, -0.2) is 0 Å². The number of nitro benzene ring substituents is 1. The van der Waals surface area contributed by atoms with Gasteiger partial charge in [-0.3, -0.25) is 14.9 Å². The van der Waals surface area contributed by atoms with E-state index in [4.69, 9.17) is 0 Å². The van der Waals surface area contributed by atoms with Gasteiger partial charge in [0.05, 0.1) is 4.92 Å². The van der Waals surface area contributed by atoms with Crippen molar-refractivity contribution >= 4 is 17.3 Å². The molecule has 3 rings (SSSR count). The van der Waals surface area contributed by atoms with Crippen LogP contribution < -0.4 is 5.32 Å². The summed E-state index contributed by atoms with van der Waals surface area (Å²) in [7, 11) is 0. The monoisotopic (exact) mass is 352 g/mol. The zero-order chi connectivity index (χ0) is 18.7. The van der Waals surface area contributed by atoms with Crippen molar-refractivity contribution in [3.8, 4) is 11.4 Å². The summed E-state index contributed by atoms with van der Waals surface area (Å²) < 4.78 is 0. The Hall–Kier alpha value is -3.62. The predicted molar refractivity (Wildman–Crippen MR) is 94.5 cm³/mol. The Morgan fingerprint density at radius 1 is 1.19 bits per heavy atom. The molecule has 0 spiro atoms. The van der Waals surface area contributed by atoms with E-state index < -0.39 is 4.92 Å². The van der Waals surface area contributed by atoms with Crippen molar-refractivity contribution in [2.45, 2.75) is 20.4 Å². The molecule has 1 N–H and O–H groups in total. The lowest BCUT2D eigenvalue weighted by molar-refractivity contribution is -0.384. The fourth-order valence-electron chi connectivity index (χ4n) is 2.35. The van der Waals surface area contributed by atoms with E-state index in [0.29, 0.717) is 11.4 Å². The molecule has 0 aliphatic carbocycles. The molecule has 9 nitrogen and oxygen atoms in total. The number of rotatable bonds is 5. The van der Waals surface area contributed by atoms with Crippen molar-refractivity contribution < 1.29 is 9.72 Å². The molecule has 1 aromatic heterocycles. The molecule has 0 radical (unpaired) electrons. The van der Waals surface area contributed by atoms with Gasteiger partial charge >= 0.3 is 0 Å². The molecule has 0 aliphatic rings. The standard InChI is InChI=1S/C17H16N6O3/c1-11-3-4-12(2)15(9-11)18-16(24)10-22-20-17(19-21-22)13-5-7-14(8-6-13)23(25)26/h3-9H,10H2,1-2H3,(H,18,24). The summed E-state index contributed by atoms with van der Waals surface area (Å²) >= 11 is 0. The normalized spacial score (nSPS) is 10.5. The fourth-order valence-corrected chi connectivity index (χ4v) is 2.35. The highest BCUT2D eigenvalue weighted by Crippen LogP contribution is 2.19. The van der Waals surface area contributed by atoms with Crippen LogP contribution in [0.5, 0.6) is 0 Å². The minimum atomic E-state index is -0.480. The molecule has 9 heteroatoms. The zero-order valence-electron chi connectivity index (χ0n) is 14.2. The Morgan fingerprint density at radius 3 is 2.62 bits per heavy atom. The number of nitrogens with one attached hydrogen (secondary N) is 1. The second-order valence-corrected chi connectivity index (χ2v) is 5.81. The Labute approximate surface area is 148 Å². The summed E-state index contributed by atoms with van der Waals surface area (Å²) in [6, 6.07) is 11.6.